The minimum absolute atomic E-state index is 0.233. The largest absolute Gasteiger partial charge is 0.445 e. The third-order valence-corrected chi connectivity index (χ3v) is 4.36. The van der Waals surface area contributed by atoms with E-state index in [1.807, 2.05) is 53.4 Å². The van der Waals surface area contributed by atoms with Crippen molar-refractivity contribution in [2.45, 2.75) is 38.7 Å². The van der Waals surface area contributed by atoms with E-state index in [0.717, 1.165) is 50.8 Å². The van der Waals surface area contributed by atoms with E-state index in [1.165, 1.54) is 5.56 Å². The van der Waals surface area contributed by atoms with Gasteiger partial charge in [0.15, 0.2) is 0 Å². The van der Waals surface area contributed by atoms with E-state index in [4.69, 9.17) is 10.5 Å². The summed E-state index contributed by atoms with van der Waals surface area (Å²) in [5.41, 5.74) is 7.78. The summed E-state index contributed by atoms with van der Waals surface area (Å²) in [5, 5.41) is 0. The molecule has 2 aromatic rings. The lowest BCUT2D eigenvalue weighted by Gasteiger charge is -2.22. The van der Waals surface area contributed by atoms with Crippen LogP contribution in [0, 0.1) is 0 Å². The van der Waals surface area contributed by atoms with Gasteiger partial charge in [0.25, 0.3) is 0 Å². The third kappa shape index (κ3) is 7.70. The highest BCUT2D eigenvalue weighted by Crippen LogP contribution is 2.08. The first-order valence-corrected chi connectivity index (χ1v) is 9.49. The van der Waals surface area contributed by atoms with E-state index < -0.39 is 0 Å². The average molecular weight is 354 g/mol. The number of hydrogen-bond acceptors (Lipinski definition) is 3. The number of hydrogen-bond donors (Lipinski definition) is 1. The standard InChI is InChI=1S/C22H30N2O2/c23-16-9-1-2-10-17-24(18-15-20-11-5-3-6-12-20)22(25)26-19-21-13-7-4-8-14-21/h3-8,11-14H,1-2,9-10,15-19,23H2. The van der Waals surface area contributed by atoms with Crippen molar-refractivity contribution in [1.82, 2.24) is 4.90 Å². The van der Waals surface area contributed by atoms with E-state index in [9.17, 15) is 4.79 Å². The Balaban J connectivity index is 1.84. The summed E-state index contributed by atoms with van der Waals surface area (Å²) in [4.78, 5) is 14.4. The maximum Gasteiger partial charge on any atom is 0.410 e. The van der Waals surface area contributed by atoms with Crippen molar-refractivity contribution in [3.05, 3.63) is 71.8 Å². The number of nitrogens with zero attached hydrogens (tertiary/aromatic N) is 1. The molecule has 0 aliphatic heterocycles. The molecular formula is C22H30N2O2. The predicted octanol–water partition coefficient (Wildman–Crippen LogP) is 4.39. The molecule has 0 saturated carbocycles. The number of unbranched alkanes of at least 4 members (excludes halogenated alkanes) is 3. The van der Waals surface area contributed by atoms with Gasteiger partial charge in [0.2, 0.25) is 0 Å². The Kier molecular flexibility index (Phi) is 9.30. The number of carbonyl (C=O) groups excluding carboxylic acids is 1. The van der Waals surface area contributed by atoms with Crippen LogP contribution in [0.4, 0.5) is 4.79 Å². The minimum atomic E-state index is -0.233. The van der Waals surface area contributed by atoms with Gasteiger partial charge in [-0.05, 0) is 36.9 Å². The van der Waals surface area contributed by atoms with E-state index in [2.05, 4.69) is 12.1 Å². The predicted molar refractivity (Wildman–Crippen MR) is 106 cm³/mol. The topological polar surface area (TPSA) is 55.6 Å². The van der Waals surface area contributed by atoms with Crippen LogP contribution in [-0.4, -0.2) is 30.6 Å². The molecule has 140 valence electrons. The molecule has 0 saturated heterocycles. The van der Waals surface area contributed by atoms with Gasteiger partial charge >= 0.3 is 6.09 Å². The van der Waals surface area contributed by atoms with Crippen LogP contribution in [0.3, 0.4) is 0 Å². The van der Waals surface area contributed by atoms with Crippen molar-refractivity contribution in [1.29, 1.82) is 0 Å². The number of nitrogens with two attached hydrogens (primary N) is 1. The Labute approximate surface area is 157 Å². The van der Waals surface area contributed by atoms with Gasteiger partial charge in [-0.15, -0.1) is 0 Å². The molecule has 0 aliphatic rings. The fourth-order valence-electron chi connectivity index (χ4n) is 2.81. The second-order valence-electron chi connectivity index (χ2n) is 6.47. The smallest absolute Gasteiger partial charge is 0.410 e. The Bertz CT molecular complexity index is 617. The zero-order chi connectivity index (χ0) is 18.5. The van der Waals surface area contributed by atoms with E-state index >= 15 is 0 Å². The highest BCUT2D eigenvalue weighted by atomic mass is 16.6. The van der Waals surface area contributed by atoms with E-state index in [-0.39, 0.29) is 6.09 Å². The van der Waals surface area contributed by atoms with Gasteiger partial charge in [-0.2, -0.15) is 0 Å². The second kappa shape index (κ2) is 12.1. The maximum atomic E-state index is 12.5. The molecule has 1 amide bonds. The number of ether oxygens (including phenoxy) is 1. The van der Waals surface area contributed by atoms with Gasteiger partial charge in [0.05, 0.1) is 0 Å². The summed E-state index contributed by atoms with van der Waals surface area (Å²) in [6.07, 6.45) is 4.83. The summed E-state index contributed by atoms with van der Waals surface area (Å²) < 4.78 is 5.52. The third-order valence-electron chi connectivity index (χ3n) is 4.36. The molecule has 26 heavy (non-hydrogen) atoms. The number of carbonyl (C=O) groups is 1. The molecule has 0 heterocycles. The molecule has 4 nitrogen and oxygen atoms in total. The Morgan fingerprint density at radius 1 is 0.808 bits per heavy atom. The van der Waals surface area contributed by atoms with Gasteiger partial charge in [-0.3, -0.25) is 0 Å². The molecule has 0 atom stereocenters. The molecule has 0 fully saturated rings. The van der Waals surface area contributed by atoms with Crippen LogP contribution in [0.1, 0.15) is 36.8 Å². The molecule has 4 heteroatoms. The van der Waals surface area contributed by atoms with Crippen molar-refractivity contribution in [2.75, 3.05) is 19.6 Å². The summed E-state index contributed by atoms with van der Waals surface area (Å²) >= 11 is 0. The summed E-state index contributed by atoms with van der Waals surface area (Å²) in [6.45, 7) is 2.45. The number of benzene rings is 2. The van der Waals surface area contributed by atoms with Crippen LogP contribution in [-0.2, 0) is 17.8 Å². The summed E-state index contributed by atoms with van der Waals surface area (Å²) in [5.74, 6) is 0. The second-order valence-corrected chi connectivity index (χ2v) is 6.47. The van der Waals surface area contributed by atoms with E-state index in [1.54, 1.807) is 0 Å². The first-order valence-electron chi connectivity index (χ1n) is 9.49. The van der Waals surface area contributed by atoms with Crippen LogP contribution >= 0.6 is 0 Å². The molecule has 0 radical (unpaired) electrons. The molecular weight excluding hydrogens is 324 g/mol. The maximum absolute atomic E-state index is 12.5. The fourth-order valence-corrected chi connectivity index (χ4v) is 2.81. The van der Waals surface area contributed by atoms with Crippen molar-refractivity contribution in [2.24, 2.45) is 5.73 Å². The fraction of sp³-hybridized carbons (Fsp3) is 0.409. The first-order chi connectivity index (χ1) is 12.8. The molecule has 0 spiro atoms. The Morgan fingerprint density at radius 3 is 2.08 bits per heavy atom. The van der Waals surface area contributed by atoms with Crippen LogP contribution < -0.4 is 5.73 Å². The van der Waals surface area contributed by atoms with Gasteiger partial charge in [-0.25, -0.2) is 4.79 Å². The quantitative estimate of drug-likeness (QED) is 0.609. The zero-order valence-corrected chi connectivity index (χ0v) is 15.5. The highest BCUT2D eigenvalue weighted by Gasteiger charge is 2.14. The Hall–Kier alpha value is -2.33. The van der Waals surface area contributed by atoms with Crippen LogP contribution in [0.25, 0.3) is 0 Å². The van der Waals surface area contributed by atoms with Crippen LogP contribution in [0.2, 0.25) is 0 Å². The Morgan fingerprint density at radius 2 is 1.42 bits per heavy atom. The minimum Gasteiger partial charge on any atom is -0.445 e. The average Bonchev–Trinajstić information content (AvgIpc) is 2.70. The van der Waals surface area contributed by atoms with E-state index in [0.29, 0.717) is 13.2 Å². The molecule has 2 N–H and O–H groups in total. The van der Waals surface area contributed by atoms with Gasteiger partial charge in [0.1, 0.15) is 6.61 Å². The number of amides is 1. The van der Waals surface area contributed by atoms with Crippen molar-refractivity contribution in [3.8, 4) is 0 Å². The van der Waals surface area contributed by atoms with Gasteiger partial charge < -0.3 is 15.4 Å². The highest BCUT2D eigenvalue weighted by molar-refractivity contribution is 5.67. The zero-order valence-electron chi connectivity index (χ0n) is 15.5. The lowest BCUT2D eigenvalue weighted by Crippen LogP contribution is -2.34. The summed E-state index contributed by atoms with van der Waals surface area (Å²) in [6, 6.07) is 20.0. The molecule has 2 aromatic carbocycles. The normalized spacial score (nSPS) is 10.5. The monoisotopic (exact) mass is 354 g/mol. The van der Waals surface area contributed by atoms with Crippen molar-refractivity contribution >= 4 is 6.09 Å². The van der Waals surface area contributed by atoms with Crippen molar-refractivity contribution in [3.63, 3.8) is 0 Å². The van der Waals surface area contributed by atoms with Crippen LogP contribution in [0.15, 0.2) is 60.7 Å². The molecule has 0 aliphatic carbocycles. The molecule has 2 rings (SSSR count). The number of rotatable bonds is 11. The molecule has 0 bridgehead atoms. The SMILES string of the molecule is NCCCCCCN(CCc1ccccc1)C(=O)OCc1ccccc1. The lowest BCUT2D eigenvalue weighted by molar-refractivity contribution is 0.0958. The first kappa shape index (κ1) is 20.0. The summed E-state index contributed by atoms with van der Waals surface area (Å²) in [7, 11) is 0. The molecule has 0 aromatic heterocycles. The van der Waals surface area contributed by atoms with Crippen LogP contribution in [0.5, 0.6) is 0 Å². The van der Waals surface area contributed by atoms with Gasteiger partial charge in [-0.1, -0.05) is 73.5 Å². The lowest BCUT2D eigenvalue weighted by atomic mass is 10.1. The van der Waals surface area contributed by atoms with Gasteiger partial charge in [0, 0.05) is 13.1 Å². The van der Waals surface area contributed by atoms with Crippen molar-refractivity contribution < 1.29 is 9.53 Å². The molecule has 0 unspecified atom stereocenters.